The third kappa shape index (κ3) is 3.35. The normalized spacial score (nSPS) is 20.7. The lowest BCUT2D eigenvalue weighted by Gasteiger charge is -2.32. The fourth-order valence-electron chi connectivity index (χ4n) is 2.42. The topological polar surface area (TPSA) is 37.4 Å². The van der Waals surface area contributed by atoms with E-state index in [0.29, 0.717) is 12.6 Å². The Morgan fingerprint density at radius 2 is 2.39 bits per heavy atom. The van der Waals surface area contributed by atoms with Crippen LogP contribution < -0.4 is 10.1 Å². The number of piperidine rings is 1. The minimum atomic E-state index is 0.479. The number of nitrogens with zero attached hydrogens (tertiary/aromatic N) is 2. The van der Waals surface area contributed by atoms with Crippen molar-refractivity contribution in [3.05, 3.63) is 18.3 Å². The van der Waals surface area contributed by atoms with E-state index >= 15 is 0 Å². The largest absolute Gasteiger partial charge is 0.490 e. The second-order valence-electron chi connectivity index (χ2n) is 4.66. The van der Waals surface area contributed by atoms with Crippen LogP contribution in [0.4, 0.5) is 5.82 Å². The number of nitrogens with one attached hydrogen (secondary N) is 1. The highest BCUT2D eigenvalue weighted by Crippen LogP contribution is 2.23. The summed E-state index contributed by atoms with van der Waals surface area (Å²) in [5.74, 6) is 1.73. The summed E-state index contributed by atoms with van der Waals surface area (Å²) in [7, 11) is 0. The predicted octanol–water partition coefficient (Wildman–Crippen LogP) is 2.38. The molecular formula is C14H23N3O. The number of rotatable bonds is 5. The van der Waals surface area contributed by atoms with E-state index in [1.807, 2.05) is 25.3 Å². The van der Waals surface area contributed by atoms with E-state index < -0.39 is 0 Å². The van der Waals surface area contributed by atoms with Crippen molar-refractivity contribution >= 4 is 5.82 Å². The summed E-state index contributed by atoms with van der Waals surface area (Å²) in [6, 6.07) is 4.36. The molecule has 0 bridgehead atoms. The van der Waals surface area contributed by atoms with Crippen molar-refractivity contribution in [1.29, 1.82) is 0 Å². The number of hydrogen-bond acceptors (Lipinski definition) is 4. The van der Waals surface area contributed by atoms with Crippen molar-refractivity contribution in [2.45, 2.75) is 32.7 Å². The predicted molar refractivity (Wildman–Crippen MR) is 74.2 cm³/mol. The van der Waals surface area contributed by atoms with Crippen LogP contribution in [-0.4, -0.2) is 42.2 Å². The quantitative estimate of drug-likeness (QED) is 0.869. The van der Waals surface area contributed by atoms with Gasteiger partial charge in [0.15, 0.2) is 11.6 Å². The molecule has 1 N–H and O–H groups in total. The third-order valence-electron chi connectivity index (χ3n) is 3.36. The first-order chi connectivity index (χ1) is 8.83. The highest BCUT2D eigenvalue weighted by molar-refractivity contribution is 5.50. The van der Waals surface area contributed by atoms with Gasteiger partial charge in [-0.15, -0.1) is 0 Å². The molecule has 1 aromatic heterocycles. The van der Waals surface area contributed by atoms with Crippen molar-refractivity contribution in [1.82, 2.24) is 9.88 Å². The fraction of sp³-hybridized carbons (Fsp3) is 0.643. The average molecular weight is 249 g/mol. The molecule has 0 radical (unpaired) electrons. The summed E-state index contributed by atoms with van der Waals surface area (Å²) in [4.78, 5) is 6.86. The van der Waals surface area contributed by atoms with Gasteiger partial charge in [-0.2, -0.15) is 0 Å². The van der Waals surface area contributed by atoms with Gasteiger partial charge < -0.3 is 15.0 Å². The molecule has 0 aromatic carbocycles. The monoisotopic (exact) mass is 249 g/mol. The van der Waals surface area contributed by atoms with E-state index in [4.69, 9.17) is 4.74 Å². The number of anilines is 1. The summed E-state index contributed by atoms with van der Waals surface area (Å²) in [5, 5.41) is 3.52. The molecule has 0 spiro atoms. The lowest BCUT2D eigenvalue weighted by Crippen LogP contribution is -2.42. The highest BCUT2D eigenvalue weighted by Gasteiger charge is 2.19. The highest BCUT2D eigenvalue weighted by atomic mass is 16.5. The number of ether oxygens (including phenoxy) is 1. The molecule has 18 heavy (non-hydrogen) atoms. The van der Waals surface area contributed by atoms with Crippen LogP contribution in [0, 0.1) is 0 Å². The zero-order valence-electron chi connectivity index (χ0n) is 11.4. The van der Waals surface area contributed by atoms with Gasteiger partial charge in [-0.1, -0.05) is 6.92 Å². The van der Waals surface area contributed by atoms with Gasteiger partial charge in [0, 0.05) is 18.8 Å². The molecule has 1 fully saturated rings. The SMILES string of the molecule is CCOc1cccnc1NC1CCCN(CC)C1. The van der Waals surface area contributed by atoms with Gasteiger partial charge in [-0.25, -0.2) is 4.98 Å². The third-order valence-corrected chi connectivity index (χ3v) is 3.36. The van der Waals surface area contributed by atoms with Crippen LogP contribution in [0.5, 0.6) is 5.75 Å². The summed E-state index contributed by atoms with van der Waals surface area (Å²) in [5.41, 5.74) is 0. The Hall–Kier alpha value is -1.29. The number of pyridine rings is 1. The Morgan fingerprint density at radius 3 is 3.17 bits per heavy atom. The van der Waals surface area contributed by atoms with E-state index in [1.165, 1.54) is 19.4 Å². The maximum Gasteiger partial charge on any atom is 0.169 e. The first kappa shape index (κ1) is 13.1. The first-order valence-corrected chi connectivity index (χ1v) is 6.90. The van der Waals surface area contributed by atoms with Gasteiger partial charge in [0.2, 0.25) is 0 Å². The van der Waals surface area contributed by atoms with Gasteiger partial charge in [0.1, 0.15) is 0 Å². The van der Waals surface area contributed by atoms with E-state index in [0.717, 1.165) is 24.7 Å². The molecule has 0 aliphatic carbocycles. The zero-order valence-corrected chi connectivity index (χ0v) is 11.4. The lowest BCUT2D eigenvalue weighted by molar-refractivity contribution is 0.226. The van der Waals surface area contributed by atoms with Crippen LogP contribution >= 0.6 is 0 Å². The Morgan fingerprint density at radius 1 is 1.50 bits per heavy atom. The summed E-state index contributed by atoms with van der Waals surface area (Å²) >= 11 is 0. The molecule has 1 aliphatic rings. The second kappa shape index (κ2) is 6.59. The Kier molecular flexibility index (Phi) is 4.81. The zero-order chi connectivity index (χ0) is 12.8. The first-order valence-electron chi connectivity index (χ1n) is 6.90. The molecule has 2 rings (SSSR count). The molecule has 1 saturated heterocycles. The van der Waals surface area contributed by atoms with Gasteiger partial charge in [-0.05, 0) is 45.0 Å². The Bertz CT molecular complexity index is 370. The van der Waals surface area contributed by atoms with Crippen LogP contribution in [0.1, 0.15) is 26.7 Å². The van der Waals surface area contributed by atoms with Crippen molar-refractivity contribution in [3.8, 4) is 5.75 Å². The molecule has 1 aliphatic heterocycles. The smallest absolute Gasteiger partial charge is 0.169 e. The van der Waals surface area contributed by atoms with Crippen molar-refractivity contribution in [2.24, 2.45) is 0 Å². The molecular weight excluding hydrogens is 226 g/mol. The van der Waals surface area contributed by atoms with Crippen LogP contribution in [-0.2, 0) is 0 Å². The number of aromatic nitrogens is 1. The van der Waals surface area contributed by atoms with Crippen molar-refractivity contribution in [2.75, 3.05) is 31.6 Å². The molecule has 0 saturated carbocycles. The van der Waals surface area contributed by atoms with Crippen LogP contribution in [0.3, 0.4) is 0 Å². The minimum absolute atomic E-state index is 0.479. The number of likely N-dealkylation sites (N-methyl/N-ethyl adjacent to an activating group) is 1. The van der Waals surface area contributed by atoms with E-state index in [9.17, 15) is 0 Å². The van der Waals surface area contributed by atoms with Gasteiger partial charge >= 0.3 is 0 Å². The maximum atomic E-state index is 5.59. The van der Waals surface area contributed by atoms with Crippen molar-refractivity contribution < 1.29 is 4.74 Å². The average Bonchev–Trinajstić information content (AvgIpc) is 2.41. The Labute approximate surface area is 109 Å². The minimum Gasteiger partial charge on any atom is -0.490 e. The standard InChI is InChI=1S/C14H23N3O/c1-3-17-10-6-7-12(11-17)16-14-13(18-4-2)8-5-9-15-14/h5,8-9,12H,3-4,6-7,10-11H2,1-2H3,(H,15,16). The molecule has 100 valence electrons. The van der Waals surface area contributed by atoms with Crippen LogP contribution in [0.15, 0.2) is 18.3 Å². The summed E-state index contributed by atoms with van der Waals surface area (Å²) in [6.07, 6.45) is 4.27. The van der Waals surface area contributed by atoms with Gasteiger partial charge in [-0.3, -0.25) is 0 Å². The van der Waals surface area contributed by atoms with Gasteiger partial charge in [0.05, 0.1) is 6.61 Å². The van der Waals surface area contributed by atoms with Crippen LogP contribution in [0.25, 0.3) is 0 Å². The Balaban J connectivity index is 1.99. The number of hydrogen-bond donors (Lipinski definition) is 1. The molecule has 0 amide bonds. The fourth-order valence-corrected chi connectivity index (χ4v) is 2.42. The van der Waals surface area contributed by atoms with Crippen LogP contribution in [0.2, 0.25) is 0 Å². The maximum absolute atomic E-state index is 5.59. The number of likely N-dealkylation sites (tertiary alicyclic amines) is 1. The molecule has 4 heteroatoms. The summed E-state index contributed by atoms with van der Waals surface area (Å²) < 4.78 is 5.59. The van der Waals surface area contributed by atoms with Crippen molar-refractivity contribution in [3.63, 3.8) is 0 Å². The second-order valence-corrected chi connectivity index (χ2v) is 4.66. The molecule has 1 atom stereocenters. The van der Waals surface area contributed by atoms with Gasteiger partial charge in [0.25, 0.3) is 0 Å². The van der Waals surface area contributed by atoms with E-state index in [2.05, 4.69) is 22.1 Å². The molecule has 1 aromatic rings. The summed E-state index contributed by atoms with van der Waals surface area (Å²) in [6.45, 7) is 8.32. The molecule has 4 nitrogen and oxygen atoms in total. The van der Waals surface area contributed by atoms with E-state index in [1.54, 1.807) is 0 Å². The lowest BCUT2D eigenvalue weighted by atomic mass is 10.1. The molecule has 1 unspecified atom stereocenters. The van der Waals surface area contributed by atoms with E-state index in [-0.39, 0.29) is 0 Å². The molecule has 2 heterocycles.